The van der Waals surface area contributed by atoms with E-state index in [1.165, 1.54) is 6.42 Å². The minimum absolute atomic E-state index is 0.110. The number of amides is 1. The van der Waals surface area contributed by atoms with Gasteiger partial charge in [0.05, 0.1) is 5.56 Å². The first-order valence-electron chi connectivity index (χ1n) is 6.68. The van der Waals surface area contributed by atoms with Gasteiger partial charge in [-0.05, 0) is 45.2 Å². The molecule has 2 rings (SSSR count). The highest BCUT2D eigenvalue weighted by Crippen LogP contribution is 2.14. The fourth-order valence-corrected chi connectivity index (χ4v) is 2.18. The van der Waals surface area contributed by atoms with Crippen molar-refractivity contribution in [3.63, 3.8) is 0 Å². The Hall–Kier alpha value is -1.58. The number of anilines is 1. The summed E-state index contributed by atoms with van der Waals surface area (Å²) < 4.78 is 0. The minimum Gasteiger partial charge on any atom is -0.368 e. The molecule has 0 saturated carbocycles. The summed E-state index contributed by atoms with van der Waals surface area (Å²) in [6.45, 7) is 5.89. The quantitative estimate of drug-likeness (QED) is 0.892. The van der Waals surface area contributed by atoms with E-state index < -0.39 is 0 Å². The van der Waals surface area contributed by atoms with Gasteiger partial charge in [0.2, 0.25) is 0 Å². The zero-order chi connectivity index (χ0) is 13.0. The molecule has 0 unspecified atom stereocenters. The standard InChI is InChI=1S/C14H21N3O/c1-11(2)16-13-7-6-12(10-15-13)14(18)17-8-4-3-5-9-17/h6-7,10-11H,3-5,8-9H2,1-2H3,(H,15,16). The summed E-state index contributed by atoms with van der Waals surface area (Å²) in [5.74, 6) is 0.929. The molecule has 1 aliphatic rings. The largest absolute Gasteiger partial charge is 0.368 e. The molecular weight excluding hydrogens is 226 g/mol. The lowest BCUT2D eigenvalue weighted by Gasteiger charge is -2.26. The number of rotatable bonds is 3. The predicted octanol–water partition coefficient (Wildman–Crippen LogP) is 2.53. The summed E-state index contributed by atoms with van der Waals surface area (Å²) in [6.07, 6.45) is 5.14. The van der Waals surface area contributed by atoms with E-state index in [2.05, 4.69) is 24.1 Å². The molecule has 1 N–H and O–H groups in total. The lowest BCUT2D eigenvalue weighted by Crippen LogP contribution is -2.35. The fraction of sp³-hybridized carbons (Fsp3) is 0.571. The molecule has 1 fully saturated rings. The molecule has 0 bridgehead atoms. The Morgan fingerprint density at radius 1 is 1.28 bits per heavy atom. The number of aromatic nitrogens is 1. The highest BCUT2D eigenvalue weighted by atomic mass is 16.2. The lowest BCUT2D eigenvalue weighted by atomic mass is 10.1. The average Bonchev–Trinajstić information content (AvgIpc) is 2.39. The maximum Gasteiger partial charge on any atom is 0.255 e. The molecule has 1 aliphatic heterocycles. The van der Waals surface area contributed by atoms with E-state index in [9.17, 15) is 4.79 Å². The second kappa shape index (κ2) is 5.85. The van der Waals surface area contributed by atoms with E-state index in [0.29, 0.717) is 11.6 Å². The molecule has 0 radical (unpaired) electrons. The number of pyridine rings is 1. The van der Waals surface area contributed by atoms with Gasteiger partial charge in [0.1, 0.15) is 5.82 Å². The minimum atomic E-state index is 0.110. The van der Waals surface area contributed by atoms with E-state index in [1.54, 1.807) is 6.20 Å². The number of carbonyl (C=O) groups excluding carboxylic acids is 1. The van der Waals surface area contributed by atoms with Crippen LogP contribution >= 0.6 is 0 Å². The number of hydrogen-bond acceptors (Lipinski definition) is 3. The monoisotopic (exact) mass is 247 g/mol. The number of carbonyl (C=O) groups is 1. The highest BCUT2D eigenvalue weighted by molar-refractivity contribution is 5.94. The first-order chi connectivity index (χ1) is 8.66. The molecule has 1 aromatic heterocycles. The number of hydrogen-bond donors (Lipinski definition) is 1. The molecule has 4 heteroatoms. The summed E-state index contributed by atoms with van der Waals surface area (Å²) in [5, 5.41) is 3.21. The van der Waals surface area contributed by atoms with Crippen LogP contribution in [-0.4, -0.2) is 34.9 Å². The molecule has 4 nitrogen and oxygen atoms in total. The van der Waals surface area contributed by atoms with Crippen LogP contribution in [0.5, 0.6) is 0 Å². The Kier molecular flexibility index (Phi) is 4.18. The molecule has 2 heterocycles. The molecule has 0 atom stereocenters. The van der Waals surface area contributed by atoms with E-state index >= 15 is 0 Å². The van der Waals surface area contributed by atoms with Crippen molar-refractivity contribution in [2.75, 3.05) is 18.4 Å². The van der Waals surface area contributed by atoms with Crippen molar-refractivity contribution in [3.05, 3.63) is 23.9 Å². The molecule has 1 aromatic rings. The smallest absolute Gasteiger partial charge is 0.255 e. The molecular formula is C14H21N3O. The van der Waals surface area contributed by atoms with Crippen LogP contribution < -0.4 is 5.32 Å². The topological polar surface area (TPSA) is 45.2 Å². The molecule has 1 amide bonds. The first-order valence-corrected chi connectivity index (χ1v) is 6.68. The van der Waals surface area contributed by atoms with Gasteiger partial charge in [0.15, 0.2) is 0 Å². The second-order valence-electron chi connectivity index (χ2n) is 5.08. The van der Waals surface area contributed by atoms with Gasteiger partial charge in [-0.1, -0.05) is 0 Å². The average molecular weight is 247 g/mol. The third kappa shape index (κ3) is 3.22. The normalized spacial score (nSPS) is 15.8. The van der Waals surface area contributed by atoms with Gasteiger partial charge in [-0.25, -0.2) is 4.98 Å². The van der Waals surface area contributed by atoms with Gasteiger partial charge in [0, 0.05) is 25.3 Å². The molecule has 1 saturated heterocycles. The van der Waals surface area contributed by atoms with Crippen LogP contribution in [0.2, 0.25) is 0 Å². The van der Waals surface area contributed by atoms with Crippen LogP contribution in [0, 0.1) is 0 Å². The Labute approximate surface area is 108 Å². The number of nitrogens with zero attached hydrogens (tertiary/aromatic N) is 2. The maximum atomic E-state index is 12.2. The zero-order valence-electron chi connectivity index (χ0n) is 11.1. The van der Waals surface area contributed by atoms with Gasteiger partial charge >= 0.3 is 0 Å². The summed E-state index contributed by atoms with van der Waals surface area (Å²) >= 11 is 0. The zero-order valence-corrected chi connectivity index (χ0v) is 11.1. The van der Waals surface area contributed by atoms with Crippen LogP contribution in [0.25, 0.3) is 0 Å². The number of nitrogens with one attached hydrogen (secondary N) is 1. The van der Waals surface area contributed by atoms with Crippen LogP contribution in [0.4, 0.5) is 5.82 Å². The van der Waals surface area contributed by atoms with Crippen molar-refractivity contribution in [3.8, 4) is 0 Å². The van der Waals surface area contributed by atoms with Crippen molar-refractivity contribution < 1.29 is 4.79 Å². The molecule has 0 aromatic carbocycles. The third-order valence-electron chi connectivity index (χ3n) is 3.09. The van der Waals surface area contributed by atoms with Gasteiger partial charge in [0.25, 0.3) is 5.91 Å². The van der Waals surface area contributed by atoms with Crippen LogP contribution in [0.15, 0.2) is 18.3 Å². The van der Waals surface area contributed by atoms with Gasteiger partial charge in [-0.15, -0.1) is 0 Å². The number of piperidine rings is 1. The second-order valence-corrected chi connectivity index (χ2v) is 5.08. The van der Waals surface area contributed by atoms with E-state index in [4.69, 9.17) is 0 Å². The lowest BCUT2D eigenvalue weighted by molar-refractivity contribution is 0.0724. The summed E-state index contributed by atoms with van der Waals surface area (Å²) in [4.78, 5) is 18.4. The van der Waals surface area contributed by atoms with Crippen molar-refractivity contribution in [1.82, 2.24) is 9.88 Å². The summed E-state index contributed by atoms with van der Waals surface area (Å²) in [6, 6.07) is 4.08. The van der Waals surface area contributed by atoms with E-state index in [0.717, 1.165) is 31.7 Å². The van der Waals surface area contributed by atoms with Crippen molar-refractivity contribution in [2.24, 2.45) is 0 Å². The first kappa shape index (κ1) is 12.9. The highest BCUT2D eigenvalue weighted by Gasteiger charge is 2.18. The Morgan fingerprint density at radius 3 is 2.56 bits per heavy atom. The Balaban J connectivity index is 2.02. The van der Waals surface area contributed by atoms with Crippen LogP contribution in [-0.2, 0) is 0 Å². The molecule has 18 heavy (non-hydrogen) atoms. The molecule has 0 spiro atoms. The van der Waals surface area contributed by atoms with E-state index in [1.807, 2.05) is 17.0 Å². The summed E-state index contributed by atoms with van der Waals surface area (Å²) in [7, 11) is 0. The fourth-order valence-electron chi connectivity index (χ4n) is 2.18. The van der Waals surface area contributed by atoms with Crippen molar-refractivity contribution in [2.45, 2.75) is 39.2 Å². The van der Waals surface area contributed by atoms with E-state index in [-0.39, 0.29) is 5.91 Å². The van der Waals surface area contributed by atoms with Crippen LogP contribution in [0.1, 0.15) is 43.5 Å². The molecule has 0 aliphatic carbocycles. The number of likely N-dealkylation sites (tertiary alicyclic amines) is 1. The SMILES string of the molecule is CC(C)Nc1ccc(C(=O)N2CCCCC2)cn1. The third-order valence-corrected chi connectivity index (χ3v) is 3.09. The Bertz CT molecular complexity index is 394. The van der Waals surface area contributed by atoms with Crippen molar-refractivity contribution in [1.29, 1.82) is 0 Å². The Morgan fingerprint density at radius 2 is 2.00 bits per heavy atom. The molecule has 98 valence electrons. The summed E-state index contributed by atoms with van der Waals surface area (Å²) in [5.41, 5.74) is 0.686. The van der Waals surface area contributed by atoms with Gasteiger partial charge in [-0.2, -0.15) is 0 Å². The maximum absolute atomic E-state index is 12.2. The predicted molar refractivity (Wildman–Crippen MR) is 72.8 cm³/mol. The van der Waals surface area contributed by atoms with Gasteiger partial charge < -0.3 is 10.2 Å². The van der Waals surface area contributed by atoms with Gasteiger partial charge in [-0.3, -0.25) is 4.79 Å². The van der Waals surface area contributed by atoms with Crippen LogP contribution in [0.3, 0.4) is 0 Å². The van der Waals surface area contributed by atoms with Crippen molar-refractivity contribution >= 4 is 11.7 Å².